The van der Waals surface area contributed by atoms with Crippen LogP contribution in [0.25, 0.3) is 0 Å². The van der Waals surface area contributed by atoms with E-state index in [-0.39, 0.29) is 0 Å². The molecule has 0 aliphatic heterocycles. The molecule has 0 bridgehead atoms. The Balaban J connectivity index is 2.61. The molecule has 46 valence electrons. The van der Waals surface area contributed by atoms with Crippen LogP contribution in [-0.2, 0) is 6.04 Å². The molecule has 0 saturated heterocycles. The van der Waals surface area contributed by atoms with Gasteiger partial charge in [0.2, 0.25) is 0 Å². The molecule has 9 heavy (non-hydrogen) atoms. The highest BCUT2D eigenvalue weighted by atomic mass is 28.2. The van der Waals surface area contributed by atoms with Crippen LogP contribution in [0.1, 0.15) is 5.56 Å². The predicted octanol–water partition coefficient (Wildman–Crippen LogP) is 0.765. The molecule has 0 saturated carbocycles. The summed E-state index contributed by atoms with van der Waals surface area (Å²) < 4.78 is 0. The van der Waals surface area contributed by atoms with Crippen LogP contribution in [0.15, 0.2) is 30.3 Å². The van der Waals surface area contributed by atoms with Crippen LogP contribution in [0, 0.1) is 0 Å². The molecule has 0 aliphatic rings. The number of hydrogen-bond donors (Lipinski definition) is 1. The summed E-state index contributed by atoms with van der Waals surface area (Å²) in [6.45, 7) is 0. The third-order valence-electron chi connectivity index (χ3n) is 1.15. The van der Waals surface area contributed by atoms with Gasteiger partial charge in [0.25, 0.3) is 0 Å². The monoisotopic (exact) mass is 135 g/mol. The first kappa shape index (κ1) is 6.52. The molecule has 0 aromatic heterocycles. The normalized spacial score (nSPS) is 9.44. The molecule has 0 atom stereocenters. The van der Waals surface area contributed by atoms with Crippen molar-refractivity contribution in [2.45, 2.75) is 6.04 Å². The van der Waals surface area contributed by atoms with Crippen LogP contribution in [0.2, 0.25) is 0 Å². The smallest absolute Gasteiger partial charge is 0.140 e. The molecule has 0 spiro atoms. The Hall–Kier alpha value is -0.603. The van der Waals surface area contributed by atoms with Crippen LogP contribution in [-0.4, -0.2) is 9.68 Å². The van der Waals surface area contributed by atoms with Crippen molar-refractivity contribution in [3.63, 3.8) is 0 Å². The zero-order valence-electron chi connectivity index (χ0n) is 5.17. The van der Waals surface area contributed by atoms with Crippen LogP contribution in [0.4, 0.5) is 0 Å². The van der Waals surface area contributed by atoms with Gasteiger partial charge in [-0.1, -0.05) is 30.3 Å². The summed E-state index contributed by atoms with van der Waals surface area (Å²) in [5.41, 5.74) is 1.33. The van der Waals surface area contributed by atoms with E-state index < -0.39 is 0 Å². The second kappa shape index (κ2) is 3.43. The maximum absolute atomic E-state index is 5.39. The maximum atomic E-state index is 5.39. The first-order chi connectivity index (χ1) is 4.43. The van der Waals surface area contributed by atoms with Gasteiger partial charge in [-0.05, 0) is 11.6 Å². The zero-order valence-corrected chi connectivity index (χ0v) is 6.17. The summed E-state index contributed by atoms with van der Waals surface area (Å²) in [5.74, 6) is 0. The fraction of sp³-hybridized carbons (Fsp3) is 0.143. The average molecular weight is 135 g/mol. The molecule has 2 heteroatoms. The minimum absolute atomic E-state index is 0.535. The minimum atomic E-state index is 0.535. The summed E-state index contributed by atoms with van der Waals surface area (Å²) in [7, 11) is 0.535. The quantitative estimate of drug-likeness (QED) is 0.595. The first-order valence-corrected chi connectivity index (χ1v) is 4.19. The lowest BCUT2D eigenvalue weighted by Crippen LogP contribution is -2.07. The van der Waals surface area contributed by atoms with Gasteiger partial charge in [-0.25, -0.2) is 0 Å². The molecule has 0 fully saturated rings. The van der Waals surface area contributed by atoms with Gasteiger partial charge in [-0.2, -0.15) is 0 Å². The Morgan fingerprint density at radius 2 is 1.89 bits per heavy atom. The van der Waals surface area contributed by atoms with Crippen LogP contribution < -0.4 is 5.40 Å². The highest BCUT2D eigenvalue weighted by Gasteiger charge is 1.86. The summed E-state index contributed by atoms with van der Waals surface area (Å²) in [4.78, 5) is 0. The lowest BCUT2D eigenvalue weighted by atomic mass is 10.2. The third kappa shape index (κ3) is 1.99. The summed E-state index contributed by atoms with van der Waals surface area (Å²) in [6.07, 6.45) is 0. The molecule has 1 aromatic carbocycles. The van der Waals surface area contributed by atoms with Gasteiger partial charge >= 0.3 is 0 Å². The Labute approximate surface area is 57.8 Å². The third-order valence-corrected chi connectivity index (χ3v) is 1.76. The topological polar surface area (TPSA) is 26.0 Å². The molecule has 2 radical (unpaired) electrons. The standard InChI is InChI=1S/C7H9NSi/c8-9-6-7-4-2-1-3-5-7/h1-5H,6,8H2. The van der Waals surface area contributed by atoms with Crippen LogP contribution in [0.3, 0.4) is 0 Å². The number of hydrogen-bond acceptors (Lipinski definition) is 1. The molecule has 2 N–H and O–H groups in total. The van der Waals surface area contributed by atoms with Crippen molar-refractivity contribution in [3.05, 3.63) is 35.9 Å². The lowest BCUT2D eigenvalue weighted by Gasteiger charge is -1.92. The lowest BCUT2D eigenvalue weighted by molar-refractivity contribution is 1.37. The van der Waals surface area contributed by atoms with E-state index in [4.69, 9.17) is 5.40 Å². The second-order valence-corrected chi connectivity index (χ2v) is 2.63. The SMILES string of the molecule is N[Si]Cc1ccccc1. The van der Waals surface area contributed by atoms with Crippen molar-refractivity contribution >= 4 is 9.68 Å². The Kier molecular flexibility index (Phi) is 2.48. The van der Waals surface area contributed by atoms with E-state index in [1.165, 1.54) is 5.56 Å². The van der Waals surface area contributed by atoms with Gasteiger partial charge in [0, 0.05) is 0 Å². The van der Waals surface area contributed by atoms with Gasteiger partial charge in [-0.3, -0.25) is 0 Å². The zero-order chi connectivity index (χ0) is 6.53. The number of rotatable bonds is 2. The number of nitrogens with two attached hydrogens (primary N) is 1. The van der Waals surface area contributed by atoms with Gasteiger partial charge in [0.1, 0.15) is 9.68 Å². The van der Waals surface area contributed by atoms with Gasteiger partial charge in [0.15, 0.2) is 0 Å². The van der Waals surface area contributed by atoms with Crippen molar-refractivity contribution in [1.82, 2.24) is 0 Å². The van der Waals surface area contributed by atoms with Gasteiger partial charge in [-0.15, -0.1) is 0 Å². The highest BCUT2D eigenvalue weighted by Crippen LogP contribution is 1.96. The van der Waals surface area contributed by atoms with E-state index in [0.717, 1.165) is 6.04 Å². The van der Waals surface area contributed by atoms with E-state index in [2.05, 4.69) is 12.1 Å². The van der Waals surface area contributed by atoms with Crippen LogP contribution >= 0.6 is 0 Å². The Bertz CT molecular complexity index is 162. The van der Waals surface area contributed by atoms with Crippen molar-refractivity contribution < 1.29 is 0 Å². The van der Waals surface area contributed by atoms with E-state index in [9.17, 15) is 0 Å². The fourth-order valence-corrected chi connectivity index (χ4v) is 1.19. The van der Waals surface area contributed by atoms with Crippen molar-refractivity contribution in [3.8, 4) is 0 Å². The molecular weight excluding hydrogens is 126 g/mol. The summed E-state index contributed by atoms with van der Waals surface area (Å²) >= 11 is 0. The van der Waals surface area contributed by atoms with Crippen molar-refractivity contribution in [2.75, 3.05) is 0 Å². The molecule has 0 heterocycles. The van der Waals surface area contributed by atoms with E-state index in [1.807, 2.05) is 18.2 Å². The Morgan fingerprint density at radius 1 is 1.22 bits per heavy atom. The predicted molar refractivity (Wildman–Crippen MR) is 40.1 cm³/mol. The minimum Gasteiger partial charge on any atom is -0.352 e. The largest absolute Gasteiger partial charge is 0.352 e. The molecule has 1 nitrogen and oxygen atoms in total. The molecule has 1 aromatic rings. The Morgan fingerprint density at radius 3 is 2.44 bits per heavy atom. The van der Waals surface area contributed by atoms with E-state index in [0.29, 0.717) is 9.68 Å². The maximum Gasteiger partial charge on any atom is 0.140 e. The van der Waals surface area contributed by atoms with Crippen molar-refractivity contribution in [2.24, 2.45) is 5.40 Å². The first-order valence-electron chi connectivity index (χ1n) is 2.91. The molecule has 0 amide bonds. The highest BCUT2D eigenvalue weighted by molar-refractivity contribution is 6.30. The van der Waals surface area contributed by atoms with E-state index >= 15 is 0 Å². The van der Waals surface area contributed by atoms with Crippen LogP contribution in [0.5, 0.6) is 0 Å². The van der Waals surface area contributed by atoms with E-state index in [1.54, 1.807) is 0 Å². The summed E-state index contributed by atoms with van der Waals surface area (Å²) in [6, 6.07) is 11.3. The molecule has 0 unspecified atom stereocenters. The average Bonchev–Trinajstić information content (AvgIpc) is 1.91. The van der Waals surface area contributed by atoms with Crippen molar-refractivity contribution in [1.29, 1.82) is 0 Å². The number of benzene rings is 1. The van der Waals surface area contributed by atoms with Gasteiger partial charge < -0.3 is 5.40 Å². The molecular formula is C7H9NSi. The fourth-order valence-electron chi connectivity index (χ4n) is 0.714. The summed E-state index contributed by atoms with van der Waals surface area (Å²) in [5, 5.41) is 5.39. The molecule has 0 aliphatic carbocycles. The molecule has 1 rings (SSSR count). The van der Waals surface area contributed by atoms with Gasteiger partial charge in [0.05, 0.1) is 0 Å². The second-order valence-electron chi connectivity index (χ2n) is 1.87.